The van der Waals surface area contributed by atoms with Gasteiger partial charge in [-0.3, -0.25) is 0 Å². The molecule has 0 unspecified atom stereocenters. The molecule has 2 aromatic carbocycles. The number of aromatic hydroxyl groups is 1. The SMILES string of the molecule is O=C(O)c1ccc(F)c(CNCc2ccccc2O)c1. The lowest BCUT2D eigenvalue weighted by Crippen LogP contribution is -2.14. The molecular weight excluding hydrogens is 261 g/mol. The minimum atomic E-state index is -1.09. The van der Waals surface area contributed by atoms with Crippen LogP contribution in [-0.4, -0.2) is 16.2 Å². The lowest BCUT2D eigenvalue weighted by molar-refractivity contribution is 0.0696. The number of hydrogen-bond donors (Lipinski definition) is 3. The molecule has 4 nitrogen and oxygen atoms in total. The highest BCUT2D eigenvalue weighted by molar-refractivity contribution is 5.87. The average molecular weight is 275 g/mol. The van der Waals surface area contributed by atoms with Crippen molar-refractivity contribution < 1.29 is 19.4 Å². The zero-order chi connectivity index (χ0) is 14.5. The van der Waals surface area contributed by atoms with E-state index in [9.17, 15) is 14.3 Å². The number of phenolic OH excluding ortho intramolecular Hbond substituents is 1. The van der Waals surface area contributed by atoms with Gasteiger partial charge in [-0.15, -0.1) is 0 Å². The number of hydrogen-bond acceptors (Lipinski definition) is 3. The molecule has 5 heteroatoms. The fourth-order valence-corrected chi connectivity index (χ4v) is 1.84. The molecule has 0 bridgehead atoms. The largest absolute Gasteiger partial charge is 0.508 e. The summed E-state index contributed by atoms with van der Waals surface area (Å²) in [6, 6.07) is 10.5. The Morgan fingerprint density at radius 2 is 1.80 bits per heavy atom. The van der Waals surface area contributed by atoms with Crippen LogP contribution in [0, 0.1) is 5.82 Å². The molecule has 0 heterocycles. The summed E-state index contributed by atoms with van der Waals surface area (Å²) >= 11 is 0. The number of nitrogens with one attached hydrogen (secondary N) is 1. The summed E-state index contributed by atoms with van der Waals surface area (Å²) in [6.45, 7) is 0.546. The van der Waals surface area contributed by atoms with Crippen molar-refractivity contribution in [2.24, 2.45) is 0 Å². The van der Waals surface area contributed by atoms with Gasteiger partial charge in [0.25, 0.3) is 0 Å². The first-order valence-electron chi connectivity index (χ1n) is 6.07. The maximum Gasteiger partial charge on any atom is 0.335 e. The van der Waals surface area contributed by atoms with Gasteiger partial charge in [0, 0.05) is 24.2 Å². The maximum atomic E-state index is 13.6. The Bertz CT molecular complexity index is 628. The van der Waals surface area contributed by atoms with Crippen molar-refractivity contribution in [2.45, 2.75) is 13.1 Å². The molecule has 0 spiro atoms. The molecule has 0 radical (unpaired) electrons. The van der Waals surface area contributed by atoms with E-state index in [0.717, 1.165) is 6.07 Å². The number of rotatable bonds is 5. The number of carbonyl (C=O) groups is 1. The minimum Gasteiger partial charge on any atom is -0.508 e. The van der Waals surface area contributed by atoms with E-state index in [-0.39, 0.29) is 23.4 Å². The van der Waals surface area contributed by atoms with Crippen molar-refractivity contribution in [2.75, 3.05) is 0 Å². The third kappa shape index (κ3) is 3.33. The Kier molecular flexibility index (Phi) is 4.32. The van der Waals surface area contributed by atoms with Gasteiger partial charge in [0.2, 0.25) is 0 Å². The van der Waals surface area contributed by atoms with E-state index in [1.165, 1.54) is 12.1 Å². The number of benzene rings is 2. The van der Waals surface area contributed by atoms with Crippen molar-refractivity contribution in [3.8, 4) is 5.75 Å². The second-order valence-corrected chi connectivity index (χ2v) is 4.34. The number of carboxylic acids is 1. The summed E-state index contributed by atoms with van der Waals surface area (Å²) in [5, 5.41) is 21.4. The van der Waals surface area contributed by atoms with Crippen molar-refractivity contribution in [3.05, 3.63) is 65.0 Å². The lowest BCUT2D eigenvalue weighted by Gasteiger charge is -2.08. The Morgan fingerprint density at radius 3 is 2.50 bits per heavy atom. The predicted molar refractivity (Wildman–Crippen MR) is 72.0 cm³/mol. The van der Waals surface area contributed by atoms with E-state index in [2.05, 4.69) is 5.32 Å². The van der Waals surface area contributed by atoms with Gasteiger partial charge in [-0.25, -0.2) is 9.18 Å². The smallest absolute Gasteiger partial charge is 0.335 e. The highest BCUT2D eigenvalue weighted by Gasteiger charge is 2.08. The minimum absolute atomic E-state index is 0.0470. The Balaban J connectivity index is 2.02. The molecular formula is C15H14FNO3. The highest BCUT2D eigenvalue weighted by atomic mass is 19.1. The van der Waals surface area contributed by atoms with Gasteiger partial charge in [-0.1, -0.05) is 18.2 Å². The summed E-state index contributed by atoms with van der Waals surface area (Å²) in [5.41, 5.74) is 1.02. The van der Waals surface area contributed by atoms with Crippen LogP contribution in [0.15, 0.2) is 42.5 Å². The molecule has 0 aliphatic carbocycles. The molecule has 0 aliphatic heterocycles. The number of halogens is 1. The van der Waals surface area contributed by atoms with Crippen LogP contribution in [0.2, 0.25) is 0 Å². The molecule has 20 heavy (non-hydrogen) atoms. The monoisotopic (exact) mass is 275 g/mol. The van der Waals surface area contributed by atoms with Crippen LogP contribution < -0.4 is 5.32 Å². The van der Waals surface area contributed by atoms with Crippen LogP contribution in [-0.2, 0) is 13.1 Å². The fraction of sp³-hybridized carbons (Fsp3) is 0.133. The van der Waals surface area contributed by atoms with E-state index >= 15 is 0 Å². The molecule has 0 fully saturated rings. The molecule has 0 saturated carbocycles. The first-order valence-corrected chi connectivity index (χ1v) is 6.07. The van der Waals surface area contributed by atoms with E-state index in [1.54, 1.807) is 24.3 Å². The molecule has 3 N–H and O–H groups in total. The van der Waals surface area contributed by atoms with E-state index in [1.807, 2.05) is 0 Å². The number of carboxylic acid groups (broad SMARTS) is 1. The van der Waals surface area contributed by atoms with Gasteiger partial charge in [-0.2, -0.15) is 0 Å². The predicted octanol–water partition coefficient (Wildman–Crippen LogP) is 2.52. The van der Waals surface area contributed by atoms with E-state index < -0.39 is 11.8 Å². The Hall–Kier alpha value is -2.40. The van der Waals surface area contributed by atoms with Gasteiger partial charge in [0.1, 0.15) is 11.6 Å². The van der Waals surface area contributed by atoms with E-state index in [0.29, 0.717) is 12.1 Å². The van der Waals surface area contributed by atoms with Gasteiger partial charge in [0.05, 0.1) is 5.56 Å². The topological polar surface area (TPSA) is 69.6 Å². The highest BCUT2D eigenvalue weighted by Crippen LogP contribution is 2.16. The van der Waals surface area contributed by atoms with Crippen LogP contribution in [0.5, 0.6) is 5.75 Å². The molecule has 0 saturated heterocycles. The summed E-state index contributed by atoms with van der Waals surface area (Å²) in [5.74, 6) is -1.38. The number of para-hydroxylation sites is 1. The third-order valence-electron chi connectivity index (χ3n) is 2.92. The quantitative estimate of drug-likeness (QED) is 0.784. The lowest BCUT2D eigenvalue weighted by atomic mass is 10.1. The van der Waals surface area contributed by atoms with Crippen molar-refractivity contribution in [1.29, 1.82) is 0 Å². The van der Waals surface area contributed by atoms with Crippen molar-refractivity contribution in [3.63, 3.8) is 0 Å². The third-order valence-corrected chi connectivity index (χ3v) is 2.92. The molecule has 2 rings (SSSR count). The first kappa shape index (κ1) is 14.0. The molecule has 0 aromatic heterocycles. The van der Waals surface area contributed by atoms with Crippen LogP contribution in [0.1, 0.15) is 21.5 Å². The van der Waals surface area contributed by atoms with Gasteiger partial charge in [-0.05, 0) is 24.3 Å². The molecule has 104 valence electrons. The summed E-state index contributed by atoms with van der Waals surface area (Å²) in [7, 11) is 0. The standard InChI is InChI=1S/C15H14FNO3/c16-13-6-5-10(15(19)20)7-12(13)9-17-8-11-3-1-2-4-14(11)18/h1-7,17-18H,8-9H2,(H,19,20). The average Bonchev–Trinajstić information content (AvgIpc) is 2.42. The van der Waals surface area contributed by atoms with Gasteiger partial charge < -0.3 is 15.5 Å². The zero-order valence-electron chi connectivity index (χ0n) is 10.6. The summed E-state index contributed by atoms with van der Waals surface area (Å²) in [4.78, 5) is 10.8. The molecule has 0 atom stereocenters. The van der Waals surface area contributed by atoms with Gasteiger partial charge in [0.15, 0.2) is 0 Å². The Morgan fingerprint density at radius 1 is 1.10 bits per heavy atom. The molecule has 0 aliphatic rings. The summed E-state index contributed by atoms with van der Waals surface area (Å²) in [6.07, 6.45) is 0. The van der Waals surface area contributed by atoms with Crippen molar-refractivity contribution in [1.82, 2.24) is 5.32 Å². The zero-order valence-corrected chi connectivity index (χ0v) is 10.6. The van der Waals surface area contributed by atoms with Crippen LogP contribution in [0.3, 0.4) is 0 Å². The summed E-state index contributed by atoms with van der Waals surface area (Å²) < 4.78 is 13.6. The molecule has 0 amide bonds. The Labute approximate surface area is 115 Å². The first-order chi connectivity index (χ1) is 9.58. The second kappa shape index (κ2) is 6.16. The number of aromatic carboxylic acids is 1. The van der Waals surface area contributed by atoms with Crippen LogP contribution in [0.4, 0.5) is 4.39 Å². The van der Waals surface area contributed by atoms with Crippen LogP contribution in [0.25, 0.3) is 0 Å². The maximum absolute atomic E-state index is 13.6. The fourth-order valence-electron chi connectivity index (χ4n) is 1.84. The van der Waals surface area contributed by atoms with E-state index in [4.69, 9.17) is 5.11 Å². The normalized spacial score (nSPS) is 10.4. The second-order valence-electron chi connectivity index (χ2n) is 4.34. The van der Waals surface area contributed by atoms with Crippen molar-refractivity contribution >= 4 is 5.97 Å². The number of phenols is 1. The molecule has 2 aromatic rings. The van der Waals surface area contributed by atoms with Gasteiger partial charge >= 0.3 is 5.97 Å². The van der Waals surface area contributed by atoms with Crippen LogP contribution >= 0.6 is 0 Å².